The molecule has 0 spiro atoms. The van der Waals surface area contributed by atoms with Crippen LogP contribution in [-0.4, -0.2) is 29.6 Å². The summed E-state index contributed by atoms with van der Waals surface area (Å²) in [6.07, 6.45) is -12.2. The first kappa shape index (κ1) is 20.8. The van der Waals surface area contributed by atoms with Crippen LogP contribution < -0.4 is 5.32 Å². The molecule has 0 heterocycles. The fraction of sp³-hybridized carbons (Fsp3) is 0.625. The van der Waals surface area contributed by atoms with E-state index in [1.165, 1.54) is 6.92 Å². The van der Waals surface area contributed by atoms with E-state index >= 15 is 0 Å². The van der Waals surface area contributed by atoms with Crippen LogP contribution in [0.4, 0.5) is 26.3 Å². The van der Waals surface area contributed by atoms with Crippen molar-refractivity contribution in [2.75, 3.05) is 6.54 Å². The summed E-state index contributed by atoms with van der Waals surface area (Å²) < 4.78 is 77.1. The summed E-state index contributed by atoms with van der Waals surface area (Å²) in [6, 6.07) is 9.21. The molecule has 0 radical (unpaired) electrons. The molecule has 0 aliphatic rings. The molecule has 0 fully saturated rings. The van der Waals surface area contributed by atoms with Gasteiger partial charge in [0.05, 0.1) is 0 Å². The van der Waals surface area contributed by atoms with E-state index in [4.69, 9.17) is 0 Å². The Hall–Kier alpha value is -1.28. The van der Waals surface area contributed by atoms with Gasteiger partial charge in [0, 0.05) is 12.5 Å². The summed E-state index contributed by atoms with van der Waals surface area (Å²) in [4.78, 5) is 0. The second kappa shape index (κ2) is 8.20. The quantitative estimate of drug-likeness (QED) is 0.533. The van der Waals surface area contributed by atoms with Crippen molar-refractivity contribution < 1.29 is 31.4 Å². The van der Waals surface area contributed by atoms with Crippen molar-refractivity contribution in [3.63, 3.8) is 0 Å². The summed E-state index contributed by atoms with van der Waals surface area (Å²) in [5, 5.41) is 12.4. The summed E-state index contributed by atoms with van der Waals surface area (Å²) in [5.41, 5.74) is -3.71. The number of nitrogens with one attached hydrogen (secondary N) is 1. The Labute approximate surface area is 136 Å². The second-order valence-corrected chi connectivity index (χ2v) is 5.67. The van der Waals surface area contributed by atoms with Gasteiger partial charge in [0.1, 0.15) is 0 Å². The second-order valence-electron chi connectivity index (χ2n) is 5.67. The molecule has 2 N–H and O–H groups in total. The summed E-state index contributed by atoms with van der Waals surface area (Å²) >= 11 is 0. The fourth-order valence-corrected chi connectivity index (χ4v) is 2.63. The lowest BCUT2D eigenvalue weighted by molar-refractivity contribution is -0.385. The standard InChI is InChI=1S/C16H21F6NO/c1-2-13(14(24,15(17,18)19)16(20,21)22)9-6-10-23-11-12-7-4-3-5-8-12/h3-5,7-8,13,23-24H,2,6,9-11H2,1H3. The van der Waals surface area contributed by atoms with Crippen LogP contribution >= 0.6 is 0 Å². The van der Waals surface area contributed by atoms with Gasteiger partial charge in [-0.3, -0.25) is 0 Å². The van der Waals surface area contributed by atoms with Crippen molar-refractivity contribution in [1.82, 2.24) is 5.32 Å². The average Bonchev–Trinajstić information content (AvgIpc) is 2.49. The highest BCUT2D eigenvalue weighted by molar-refractivity contribution is 5.14. The molecule has 0 aliphatic heterocycles. The van der Waals surface area contributed by atoms with Gasteiger partial charge in [-0.1, -0.05) is 37.3 Å². The number of aliphatic hydroxyl groups is 1. The number of hydrogen-bond donors (Lipinski definition) is 2. The molecule has 0 saturated carbocycles. The van der Waals surface area contributed by atoms with Crippen LogP contribution in [0.3, 0.4) is 0 Å². The van der Waals surface area contributed by atoms with Crippen molar-refractivity contribution in [3.8, 4) is 0 Å². The summed E-state index contributed by atoms with van der Waals surface area (Å²) in [5.74, 6) is -1.93. The average molecular weight is 357 g/mol. The van der Waals surface area contributed by atoms with E-state index < -0.39 is 30.3 Å². The lowest BCUT2D eigenvalue weighted by Gasteiger charge is -2.38. The van der Waals surface area contributed by atoms with Gasteiger partial charge in [0.15, 0.2) is 0 Å². The Balaban J connectivity index is 2.59. The van der Waals surface area contributed by atoms with E-state index in [2.05, 4.69) is 5.32 Å². The monoisotopic (exact) mass is 357 g/mol. The molecule has 0 bridgehead atoms. The molecule has 2 nitrogen and oxygen atoms in total. The van der Waals surface area contributed by atoms with Crippen LogP contribution in [0.15, 0.2) is 30.3 Å². The van der Waals surface area contributed by atoms with E-state index in [-0.39, 0.29) is 19.4 Å². The number of alkyl halides is 6. The van der Waals surface area contributed by atoms with Gasteiger partial charge < -0.3 is 10.4 Å². The Kier molecular flexibility index (Phi) is 7.10. The van der Waals surface area contributed by atoms with Crippen molar-refractivity contribution in [1.29, 1.82) is 0 Å². The van der Waals surface area contributed by atoms with Crippen molar-refractivity contribution in [3.05, 3.63) is 35.9 Å². The minimum atomic E-state index is -5.76. The molecular formula is C16H21F6NO. The Morgan fingerprint density at radius 1 is 1.00 bits per heavy atom. The molecule has 1 atom stereocenters. The maximum atomic E-state index is 12.8. The number of halogens is 6. The normalized spacial score (nSPS) is 14.7. The SMILES string of the molecule is CCC(CCCNCc1ccccc1)C(O)(C(F)(F)F)C(F)(F)F. The predicted octanol–water partition coefficient (Wildman–Crippen LogP) is 4.44. The molecule has 0 saturated heterocycles. The predicted molar refractivity (Wildman–Crippen MR) is 78.2 cm³/mol. The lowest BCUT2D eigenvalue weighted by atomic mass is 9.81. The van der Waals surface area contributed by atoms with Crippen molar-refractivity contribution in [2.45, 2.75) is 50.7 Å². The maximum absolute atomic E-state index is 12.8. The molecular weight excluding hydrogens is 336 g/mol. The van der Waals surface area contributed by atoms with Crippen molar-refractivity contribution >= 4 is 0 Å². The first-order valence-electron chi connectivity index (χ1n) is 7.64. The summed E-state index contributed by atoms with van der Waals surface area (Å²) in [7, 11) is 0. The zero-order chi connectivity index (χ0) is 18.4. The zero-order valence-electron chi connectivity index (χ0n) is 13.2. The minimum Gasteiger partial charge on any atom is -0.373 e. The minimum absolute atomic E-state index is 0.0970. The largest absolute Gasteiger partial charge is 0.426 e. The van der Waals surface area contributed by atoms with Crippen LogP contribution in [0.1, 0.15) is 31.7 Å². The smallest absolute Gasteiger partial charge is 0.373 e. The van der Waals surface area contributed by atoms with Gasteiger partial charge in [-0.15, -0.1) is 0 Å². The van der Waals surface area contributed by atoms with Gasteiger partial charge in [-0.25, -0.2) is 0 Å². The molecule has 1 aromatic carbocycles. The zero-order valence-corrected chi connectivity index (χ0v) is 13.2. The molecule has 0 amide bonds. The van der Waals surface area contributed by atoms with E-state index in [1.807, 2.05) is 30.3 Å². The Morgan fingerprint density at radius 3 is 2.00 bits per heavy atom. The van der Waals surface area contributed by atoms with Crippen molar-refractivity contribution in [2.24, 2.45) is 5.92 Å². The lowest BCUT2D eigenvalue weighted by Crippen LogP contribution is -2.61. The van der Waals surface area contributed by atoms with Gasteiger partial charge in [-0.05, 0) is 31.4 Å². The Bertz CT molecular complexity index is 472. The number of benzene rings is 1. The van der Waals surface area contributed by atoms with Crippen LogP contribution in [-0.2, 0) is 6.54 Å². The van der Waals surface area contributed by atoms with E-state index in [9.17, 15) is 31.4 Å². The molecule has 1 aromatic rings. The van der Waals surface area contributed by atoms with Gasteiger partial charge >= 0.3 is 12.4 Å². The molecule has 1 rings (SSSR count). The van der Waals surface area contributed by atoms with Gasteiger partial charge in [-0.2, -0.15) is 26.3 Å². The third-order valence-corrected chi connectivity index (χ3v) is 4.03. The summed E-state index contributed by atoms with van der Waals surface area (Å²) in [6.45, 7) is 1.95. The molecule has 8 heteroatoms. The van der Waals surface area contributed by atoms with E-state index in [1.54, 1.807) is 0 Å². The molecule has 1 unspecified atom stereocenters. The first-order valence-corrected chi connectivity index (χ1v) is 7.64. The van der Waals surface area contributed by atoms with E-state index in [0.29, 0.717) is 6.54 Å². The van der Waals surface area contributed by atoms with Gasteiger partial charge in [0.25, 0.3) is 5.60 Å². The molecule has 0 aliphatic carbocycles. The third kappa shape index (κ3) is 4.86. The molecule has 0 aromatic heterocycles. The van der Waals surface area contributed by atoms with Crippen LogP contribution in [0.5, 0.6) is 0 Å². The highest BCUT2D eigenvalue weighted by Gasteiger charge is 2.72. The number of rotatable bonds is 8. The Morgan fingerprint density at radius 2 is 1.54 bits per heavy atom. The van der Waals surface area contributed by atoms with Crippen LogP contribution in [0.25, 0.3) is 0 Å². The third-order valence-electron chi connectivity index (χ3n) is 4.03. The maximum Gasteiger partial charge on any atom is 0.426 e. The number of hydrogen-bond acceptors (Lipinski definition) is 2. The molecule has 138 valence electrons. The van der Waals surface area contributed by atoms with Crippen LogP contribution in [0.2, 0.25) is 0 Å². The highest BCUT2D eigenvalue weighted by Crippen LogP contribution is 2.49. The van der Waals surface area contributed by atoms with Crippen LogP contribution in [0, 0.1) is 5.92 Å². The molecule has 24 heavy (non-hydrogen) atoms. The first-order chi connectivity index (χ1) is 11.0. The topological polar surface area (TPSA) is 32.3 Å². The fourth-order valence-electron chi connectivity index (χ4n) is 2.63. The van der Waals surface area contributed by atoms with Gasteiger partial charge in [0.2, 0.25) is 0 Å². The highest BCUT2D eigenvalue weighted by atomic mass is 19.4. The van der Waals surface area contributed by atoms with E-state index in [0.717, 1.165) is 5.56 Å².